The summed E-state index contributed by atoms with van der Waals surface area (Å²) < 4.78 is 11.3. The molecule has 0 amide bonds. The Labute approximate surface area is 129 Å². The largest absolute Gasteiger partial charge is 0.503 e. The summed E-state index contributed by atoms with van der Waals surface area (Å²) in [5.41, 5.74) is 1.07. The Morgan fingerprint density at radius 3 is 2.70 bits per heavy atom. The van der Waals surface area contributed by atoms with Crippen molar-refractivity contribution < 1.29 is 14.6 Å². The Morgan fingerprint density at radius 1 is 1.25 bits per heavy atom. The zero-order valence-corrected chi connectivity index (χ0v) is 13.8. The first-order chi connectivity index (χ1) is 9.69. The molecule has 5 heteroatoms. The molecule has 0 unspecified atom stereocenters. The molecule has 0 atom stereocenters. The van der Waals surface area contributed by atoms with Gasteiger partial charge in [0.25, 0.3) is 0 Å². The van der Waals surface area contributed by atoms with Crippen molar-refractivity contribution in [2.24, 2.45) is 0 Å². The number of rotatable bonds is 10. The van der Waals surface area contributed by atoms with Crippen molar-refractivity contribution in [1.29, 1.82) is 0 Å². The quantitative estimate of drug-likeness (QED) is 0.637. The number of hydrogen-bond donors (Lipinski definition) is 2. The third kappa shape index (κ3) is 6.11. The van der Waals surface area contributed by atoms with Gasteiger partial charge in [0.2, 0.25) is 0 Å². The van der Waals surface area contributed by atoms with E-state index in [1.807, 2.05) is 12.1 Å². The molecule has 0 aromatic heterocycles. The second-order valence-corrected chi connectivity index (χ2v) is 5.48. The van der Waals surface area contributed by atoms with Gasteiger partial charge in [-0.15, -0.1) is 0 Å². The van der Waals surface area contributed by atoms with Crippen molar-refractivity contribution in [1.82, 2.24) is 5.32 Å². The number of unbranched alkanes of at least 4 members (excludes halogenated alkanes) is 1. The van der Waals surface area contributed by atoms with Crippen molar-refractivity contribution >= 4 is 15.9 Å². The van der Waals surface area contributed by atoms with E-state index >= 15 is 0 Å². The summed E-state index contributed by atoms with van der Waals surface area (Å²) in [6, 6.07) is 3.73. The first-order valence-electron chi connectivity index (χ1n) is 7.02. The minimum absolute atomic E-state index is 0.139. The van der Waals surface area contributed by atoms with Crippen molar-refractivity contribution in [3.63, 3.8) is 0 Å². The molecule has 0 aliphatic rings. The maximum Gasteiger partial charge on any atom is 0.172 e. The summed E-state index contributed by atoms with van der Waals surface area (Å²) in [5, 5.41) is 13.1. The zero-order valence-electron chi connectivity index (χ0n) is 12.2. The predicted molar refractivity (Wildman–Crippen MR) is 84.4 cm³/mol. The number of halogens is 1. The molecule has 4 nitrogen and oxygen atoms in total. The highest BCUT2D eigenvalue weighted by Gasteiger charge is 2.08. The molecule has 0 radical (unpaired) electrons. The van der Waals surface area contributed by atoms with Gasteiger partial charge in [0.1, 0.15) is 0 Å². The van der Waals surface area contributed by atoms with E-state index in [9.17, 15) is 5.11 Å². The van der Waals surface area contributed by atoms with Gasteiger partial charge in [-0.25, -0.2) is 0 Å². The normalized spacial score (nSPS) is 10.8. The van der Waals surface area contributed by atoms with E-state index in [4.69, 9.17) is 9.47 Å². The van der Waals surface area contributed by atoms with Crippen LogP contribution >= 0.6 is 15.9 Å². The second kappa shape index (κ2) is 10.0. The molecule has 0 bridgehead atoms. The lowest BCUT2D eigenvalue weighted by atomic mass is 10.2. The van der Waals surface area contributed by atoms with Gasteiger partial charge >= 0.3 is 0 Å². The fourth-order valence-corrected chi connectivity index (χ4v) is 2.25. The number of hydrogen-bond acceptors (Lipinski definition) is 4. The molecular formula is C15H24BrNO3. The van der Waals surface area contributed by atoms with Crippen LogP contribution in [-0.2, 0) is 11.3 Å². The van der Waals surface area contributed by atoms with Crippen molar-refractivity contribution in [3.05, 3.63) is 22.2 Å². The van der Waals surface area contributed by atoms with Crippen LogP contribution < -0.4 is 10.1 Å². The lowest BCUT2D eigenvalue weighted by molar-refractivity contribution is 0.129. The summed E-state index contributed by atoms with van der Waals surface area (Å²) in [5.74, 6) is 0.625. The molecular weight excluding hydrogens is 322 g/mol. The van der Waals surface area contributed by atoms with E-state index in [0.29, 0.717) is 10.2 Å². The smallest absolute Gasteiger partial charge is 0.172 e. The Hall–Kier alpha value is -0.780. The third-order valence-electron chi connectivity index (χ3n) is 2.92. The summed E-state index contributed by atoms with van der Waals surface area (Å²) in [4.78, 5) is 0. The summed E-state index contributed by atoms with van der Waals surface area (Å²) in [6.45, 7) is 5.47. The first-order valence-corrected chi connectivity index (χ1v) is 7.82. The number of ether oxygens (including phenoxy) is 2. The number of nitrogens with one attached hydrogen (secondary N) is 1. The van der Waals surface area contributed by atoms with Crippen LogP contribution in [0.1, 0.15) is 31.7 Å². The lowest BCUT2D eigenvalue weighted by Gasteiger charge is -2.10. The van der Waals surface area contributed by atoms with Crippen molar-refractivity contribution in [2.75, 3.05) is 26.9 Å². The van der Waals surface area contributed by atoms with Gasteiger partial charge in [0.05, 0.1) is 11.6 Å². The molecule has 2 N–H and O–H groups in total. The maximum absolute atomic E-state index is 9.73. The van der Waals surface area contributed by atoms with Crippen molar-refractivity contribution in [3.8, 4) is 11.5 Å². The molecule has 1 aromatic rings. The fourth-order valence-electron chi connectivity index (χ4n) is 1.77. The molecule has 0 saturated heterocycles. The third-order valence-corrected chi connectivity index (χ3v) is 3.53. The Bertz CT molecular complexity index is 399. The minimum Gasteiger partial charge on any atom is -0.503 e. The van der Waals surface area contributed by atoms with E-state index in [2.05, 4.69) is 28.2 Å². The number of aromatic hydroxyl groups is 1. The van der Waals surface area contributed by atoms with Crippen LogP contribution in [0.2, 0.25) is 0 Å². The summed E-state index contributed by atoms with van der Waals surface area (Å²) in [6.07, 6.45) is 3.31. The summed E-state index contributed by atoms with van der Waals surface area (Å²) >= 11 is 3.32. The highest BCUT2D eigenvalue weighted by Crippen LogP contribution is 2.35. The first kappa shape index (κ1) is 17.3. The molecule has 0 spiro atoms. The highest BCUT2D eigenvalue weighted by atomic mass is 79.9. The number of phenolic OH excluding ortho intramolecular Hbond substituents is 1. The molecule has 0 aliphatic carbocycles. The highest BCUT2D eigenvalue weighted by molar-refractivity contribution is 9.10. The van der Waals surface area contributed by atoms with Crippen LogP contribution in [0.15, 0.2) is 16.6 Å². The van der Waals surface area contributed by atoms with Crippen LogP contribution in [0.3, 0.4) is 0 Å². The van der Waals surface area contributed by atoms with Gasteiger partial charge in [-0.2, -0.15) is 0 Å². The monoisotopic (exact) mass is 345 g/mol. The SMILES string of the molecule is CCCCOCCCNCc1cc(Br)c(O)c(OC)c1. The average Bonchev–Trinajstić information content (AvgIpc) is 2.45. The predicted octanol–water partition coefficient (Wildman–Crippen LogP) is 3.46. The van der Waals surface area contributed by atoms with Gasteiger partial charge in [0, 0.05) is 19.8 Å². The zero-order chi connectivity index (χ0) is 14.8. The van der Waals surface area contributed by atoms with E-state index in [-0.39, 0.29) is 5.75 Å². The fraction of sp³-hybridized carbons (Fsp3) is 0.600. The van der Waals surface area contributed by atoms with Crippen LogP contribution in [-0.4, -0.2) is 32.0 Å². The molecule has 0 saturated carbocycles. The lowest BCUT2D eigenvalue weighted by Crippen LogP contribution is -2.16. The van der Waals surface area contributed by atoms with Gasteiger partial charge < -0.3 is 19.9 Å². The molecule has 20 heavy (non-hydrogen) atoms. The van der Waals surface area contributed by atoms with Crippen LogP contribution in [0, 0.1) is 0 Å². The minimum atomic E-state index is 0.139. The van der Waals surface area contributed by atoms with Crippen LogP contribution in [0.25, 0.3) is 0 Å². The molecule has 1 aromatic carbocycles. The molecule has 0 heterocycles. The number of benzene rings is 1. The van der Waals surface area contributed by atoms with Crippen LogP contribution in [0.5, 0.6) is 11.5 Å². The molecule has 0 aliphatic heterocycles. The molecule has 114 valence electrons. The summed E-state index contributed by atoms with van der Waals surface area (Å²) in [7, 11) is 1.55. The van der Waals surface area contributed by atoms with E-state index in [1.54, 1.807) is 7.11 Å². The van der Waals surface area contributed by atoms with E-state index < -0.39 is 0 Å². The van der Waals surface area contributed by atoms with Gasteiger partial charge in [-0.1, -0.05) is 13.3 Å². The van der Waals surface area contributed by atoms with Gasteiger partial charge in [0.15, 0.2) is 11.5 Å². The Balaban J connectivity index is 2.24. The Morgan fingerprint density at radius 2 is 2.00 bits per heavy atom. The topological polar surface area (TPSA) is 50.7 Å². The molecule has 0 fully saturated rings. The van der Waals surface area contributed by atoms with Crippen molar-refractivity contribution in [2.45, 2.75) is 32.7 Å². The van der Waals surface area contributed by atoms with E-state index in [1.165, 1.54) is 6.42 Å². The standard InChI is InChI=1S/C15H24BrNO3/c1-3-4-7-20-8-5-6-17-11-12-9-13(16)15(18)14(10-12)19-2/h9-10,17-18H,3-8,11H2,1-2H3. The average molecular weight is 346 g/mol. The Kier molecular flexibility index (Phi) is 8.65. The maximum atomic E-state index is 9.73. The molecule has 1 rings (SSSR count). The van der Waals surface area contributed by atoms with E-state index in [0.717, 1.165) is 44.7 Å². The number of methoxy groups -OCH3 is 1. The number of phenols is 1. The second-order valence-electron chi connectivity index (χ2n) is 4.62. The van der Waals surface area contributed by atoms with Gasteiger partial charge in [-0.05, 0) is 53.0 Å². The van der Waals surface area contributed by atoms with Gasteiger partial charge in [-0.3, -0.25) is 0 Å². The van der Waals surface area contributed by atoms with Crippen LogP contribution in [0.4, 0.5) is 0 Å².